The maximum Gasteiger partial charge on any atom is 0.326 e. The SMILES string of the molecule is C[C@H](N)C(=O)N1CCC[C@H]1C(=O)N[C@@H](CC(=O)O)C(=O)N[C@@H](Cc1c[nH]c2ccccc12)C(=O)N[C@@H](CC(=O)O)C(=O)N[C@@H](CC(=O)O)C(=O)N[C@@H](CCC(=O)O)C(=O)O. The van der Waals surface area contributed by atoms with Gasteiger partial charge in [-0.15, -0.1) is 0 Å². The number of nitrogens with two attached hydrogens (primary N) is 1. The van der Waals surface area contributed by atoms with Crippen molar-refractivity contribution in [2.24, 2.45) is 5.73 Å². The first-order valence-electron chi connectivity index (χ1n) is 18.4. The second kappa shape index (κ2) is 21.6. The number of rotatable bonds is 23. The maximum absolute atomic E-state index is 14.0. The van der Waals surface area contributed by atoms with Crippen molar-refractivity contribution in [2.45, 2.75) is 101 Å². The molecule has 1 aromatic carbocycles. The number of aromatic nitrogens is 1. The monoisotopic (exact) mass is 846 g/mol. The molecule has 3 rings (SSSR count). The lowest BCUT2D eigenvalue weighted by atomic mass is 10.0. The van der Waals surface area contributed by atoms with E-state index in [-0.39, 0.29) is 19.4 Å². The molecule has 326 valence electrons. The van der Waals surface area contributed by atoms with Gasteiger partial charge in [0.2, 0.25) is 35.4 Å². The molecular weight excluding hydrogens is 800 g/mol. The molecule has 13 N–H and O–H groups in total. The summed E-state index contributed by atoms with van der Waals surface area (Å²) in [5.74, 6) is -14.7. The Hall–Kier alpha value is -7.11. The Morgan fingerprint density at radius 2 is 1.18 bits per heavy atom. The topological polar surface area (TPSA) is 394 Å². The zero-order valence-electron chi connectivity index (χ0n) is 32.0. The molecule has 1 aliphatic rings. The molecule has 6 amide bonds. The van der Waals surface area contributed by atoms with Crippen LogP contribution >= 0.6 is 0 Å². The number of hydrogen-bond acceptors (Lipinski definition) is 12. The minimum Gasteiger partial charge on any atom is -0.481 e. The van der Waals surface area contributed by atoms with Crippen molar-refractivity contribution >= 4 is 76.2 Å². The Balaban J connectivity index is 1.93. The number of amides is 6. The number of nitrogens with zero attached hydrogens (tertiary/aromatic N) is 1. The molecule has 0 unspecified atom stereocenters. The van der Waals surface area contributed by atoms with Crippen molar-refractivity contribution < 1.29 is 78.3 Å². The molecule has 0 bridgehead atoms. The molecule has 1 fully saturated rings. The van der Waals surface area contributed by atoms with E-state index in [0.29, 0.717) is 22.9 Å². The quantitative estimate of drug-likeness (QED) is 0.0525. The highest BCUT2D eigenvalue weighted by atomic mass is 16.4. The normalized spacial score (nSPS) is 16.5. The van der Waals surface area contributed by atoms with Crippen molar-refractivity contribution in [3.63, 3.8) is 0 Å². The molecule has 24 nitrogen and oxygen atoms in total. The van der Waals surface area contributed by atoms with Gasteiger partial charge < -0.3 is 67.7 Å². The van der Waals surface area contributed by atoms with E-state index in [1.54, 1.807) is 24.3 Å². The summed E-state index contributed by atoms with van der Waals surface area (Å²) in [7, 11) is 0. The Kier molecular flexibility index (Phi) is 17.0. The van der Waals surface area contributed by atoms with E-state index in [0.717, 1.165) is 0 Å². The summed E-state index contributed by atoms with van der Waals surface area (Å²) in [4.78, 5) is 142. The van der Waals surface area contributed by atoms with Crippen LogP contribution in [0.1, 0.15) is 57.4 Å². The molecule has 1 aromatic heterocycles. The van der Waals surface area contributed by atoms with E-state index in [1.807, 2.05) is 10.6 Å². The van der Waals surface area contributed by atoms with Gasteiger partial charge in [-0.25, -0.2) is 4.79 Å². The van der Waals surface area contributed by atoms with Gasteiger partial charge in [-0.1, -0.05) is 18.2 Å². The van der Waals surface area contributed by atoms with E-state index in [4.69, 9.17) is 10.8 Å². The molecule has 2 aromatic rings. The Bertz CT molecular complexity index is 2000. The van der Waals surface area contributed by atoms with Crippen LogP contribution in [0.4, 0.5) is 0 Å². The summed E-state index contributed by atoms with van der Waals surface area (Å²) >= 11 is 0. The molecule has 24 heteroatoms. The number of fused-ring (bicyclic) bond motifs is 1. The van der Waals surface area contributed by atoms with E-state index in [2.05, 4.69) is 20.9 Å². The summed E-state index contributed by atoms with van der Waals surface area (Å²) in [6, 6.07) is -4.92. The summed E-state index contributed by atoms with van der Waals surface area (Å²) in [5.41, 5.74) is 6.70. The molecule has 1 aliphatic heterocycles. The van der Waals surface area contributed by atoms with Crippen LogP contribution in [0.3, 0.4) is 0 Å². The van der Waals surface area contributed by atoms with Gasteiger partial charge in [0.05, 0.1) is 25.3 Å². The fraction of sp³-hybridized carbons (Fsp3) is 0.472. The first-order valence-corrected chi connectivity index (χ1v) is 18.4. The number of benzene rings is 1. The average Bonchev–Trinajstić information content (AvgIpc) is 3.82. The second-order valence-corrected chi connectivity index (χ2v) is 13.9. The lowest BCUT2D eigenvalue weighted by Crippen LogP contribution is -2.60. The van der Waals surface area contributed by atoms with Crippen LogP contribution in [0.2, 0.25) is 0 Å². The summed E-state index contributed by atoms with van der Waals surface area (Å²) in [6.45, 7) is 1.58. The number of carboxylic acids is 5. The third-order valence-corrected chi connectivity index (χ3v) is 9.26. The van der Waals surface area contributed by atoms with Crippen molar-refractivity contribution in [2.75, 3.05) is 6.54 Å². The van der Waals surface area contributed by atoms with Crippen molar-refractivity contribution in [1.29, 1.82) is 0 Å². The van der Waals surface area contributed by atoms with Crippen LogP contribution in [-0.2, 0) is 59.2 Å². The van der Waals surface area contributed by atoms with Gasteiger partial charge in [0.15, 0.2) is 0 Å². The third kappa shape index (κ3) is 13.8. The first-order chi connectivity index (χ1) is 28.2. The first kappa shape index (κ1) is 47.3. The van der Waals surface area contributed by atoms with Gasteiger partial charge in [0.25, 0.3) is 0 Å². The second-order valence-electron chi connectivity index (χ2n) is 13.9. The fourth-order valence-corrected chi connectivity index (χ4v) is 6.33. The lowest BCUT2D eigenvalue weighted by Gasteiger charge is -2.28. The van der Waals surface area contributed by atoms with Crippen LogP contribution < -0.4 is 32.3 Å². The largest absolute Gasteiger partial charge is 0.481 e. The molecular formula is C36H46N8O16. The van der Waals surface area contributed by atoms with Crippen molar-refractivity contribution in [3.8, 4) is 0 Å². The van der Waals surface area contributed by atoms with Crippen LogP contribution in [0.25, 0.3) is 10.9 Å². The highest BCUT2D eigenvalue weighted by Crippen LogP contribution is 2.21. The van der Waals surface area contributed by atoms with Crippen LogP contribution in [-0.4, -0.2) is 150 Å². The minimum atomic E-state index is -2.09. The number of carbonyl (C=O) groups is 11. The predicted octanol–water partition coefficient (Wildman–Crippen LogP) is -3.15. The zero-order valence-corrected chi connectivity index (χ0v) is 32.0. The van der Waals surface area contributed by atoms with Crippen molar-refractivity contribution in [3.05, 3.63) is 36.0 Å². The van der Waals surface area contributed by atoms with Gasteiger partial charge >= 0.3 is 29.8 Å². The molecule has 0 aliphatic carbocycles. The molecule has 0 radical (unpaired) electrons. The van der Waals surface area contributed by atoms with E-state index in [9.17, 15) is 73.2 Å². The molecule has 2 heterocycles. The molecule has 1 saturated heterocycles. The van der Waals surface area contributed by atoms with E-state index in [1.165, 1.54) is 18.0 Å². The van der Waals surface area contributed by atoms with Gasteiger partial charge in [-0.3, -0.25) is 47.9 Å². The van der Waals surface area contributed by atoms with E-state index >= 15 is 0 Å². The standard InChI is InChI=1S/C36H46N8O16/c1-16(37)35(58)44-10-4-7-25(44)34(57)43-24(14-29(51)52)33(56)40-21(11-17-15-38-19-6-3-2-5-18(17)19)30(53)41-23(13-28(49)50)32(55)42-22(12-27(47)48)31(54)39-20(36(59)60)8-9-26(45)46/h2-3,5-6,15-16,20-25,38H,4,7-14,37H2,1H3,(H,39,54)(H,40,56)(H,41,53)(H,42,55)(H,43,57)(H,45,46)(H,47,48)(H,49,50)(H,51,52)(H,59,60)/t16-,20-,21-,22-,23-,24-,25-/m0/s1. The highest BCUT2D eigenvalue weighted by molar-refractivity contribution is 5.99. The Morgan fingerprint density at radius 3 is 1.68 bits per heavy atom. The summed E-state index contributed by atoms with van der Waals surface area (Å²) in [6.07, 6.45) is -3.02. The Labute approximate surface area is 339 Å². The van der Waals surface area contributed by atoms with Gasteiger partial charge in [0.1, 0.15) is 36.3 Å². The number of carbonyl (C=O) groups excluding carboxylic acids is 6. The number of hydrogen-bond donors (Lipinski definition) is 12. The van der Waals surface area contributed by atoms with Crippen LogP contribution in [0.15, 0.2) is 30.5 Å². The average molecular weight is 847 g/mol. The lowest BCUT2D eigenvalue weighted by molar-refractivity contribution is -0.145. The molecule has 60 heavy (non-hydrogen) atoms. The highest BCUT2D eigenvalue weighted by Gasteiger charge is 2.39. The van der Waals surface area contributed by atoms with Crippen molar-refractivity contribution in [1.82, 2.24) is 36.5 Å². The minimum absolute atomic E-state index is 0.170. The number of likely N-dealkylation sites (tertiary alicyclic amines) is 1. The zero-order chi connectivity index (χ0) is 44.8. The third-order valence-electron chi connectivity index (χ3n) is 9.26. The molecule has 7 atom stereocenters. The molecule has 0 saturated carbocycles. The molecule has 0 spiro atoms. The number of H-pyrrole nitrogens is 1. The van der Waals surface area contributed by atoms with Crippen LogP contribution in [0.5, 0.6) is 0 Å². The maximum atomic E-state index is 14.0. The summed E-state index contributed by atoms with van der Waals surface area (Å²) < 4.78 is 0. The number of nitrogens with one attached hydrogen (secondary N) is 6. The van der Waals surface area contributed by atoms with Crippen LogP contribution in [0, 0.1) is 0 Å². The fourth-order valence-electron chi connectivity index (χ4n) is 6.33. The Morgan fingerprint density at radius 1 is 0.700 bits per heavy atom. The number of carboxylic acid groups (broad SMARTS) is 5. The van der Waals surface area contributed by atoms with E-state index < -0.39 is 140 Å². The smallest absolute Gasteiger partial charge is 0.326 e. The number of para-hydroxylation sites is 1. The number of aliphatic carboxylic acids is 5. The van der Waals surface area contributed by atoms with Gasteiger partial charge in [-0.2, -0.15) is 0 Å². The summed E-state index contributed by atoms with van der Waals surface area (Å²) in [5, 5.41) is 58.2. The number of aromatic amines is 1. The van der Waals surface area contributed by atoms with Gasteiger partial charge in [-0.05, 0) is 37.8 Å². The van der Waals surface area contributed by atoms with Gasteiger partial charge in [0, 0.05) is 36.5 Å². The predicted molar refractivity (Wildman–Crippen MR) is 201 cm³/mol.